The van der Waals surface area contributed by atoms with Crippen molar-refractivity contribution in [2.24, 2.45) is 0 Å². The van der Waals surface area contributed by atoms with Crippen molar-refractivity contribution in [3.63, 3.8) is 0 Å². The van der Waals surface area contributed by atoms with E-state index in [4.69, 9.17) is 4.74 Å². The molecular formula is C14H32N2O3S. The van der Waals surface area contributed by atoms with E-state index in [9.17, 15) is 9.90 Å². The maximum Gasteiger partial charge on any atom is 0.409 e. The molecule has 122 valence electrons. The number of carbonyl (C=O) groups is 1. The predicted octanol–water partition coefficient (Wildman–Crippen LogP) is 2.06. The van der Waals surface area contributed by atoms with Crippen LogP contribution in [0.3, 0.4) is 0 Å². The Labute approximate surface area is 130 Å². The van der Waals surface area contributed by atoms with Gasteiger partial charge in [0.1, 0.15) is 0 Å². The molecule has 1 unspecified atom stereocenters. The molecular weight excluding hydrogens is 276 g/mol. The first-order chi connectivity index (χ1) is 8.36. The van der Waals surface area contributed by atoms with Gasteiger partial charge in [-0.05, 0) is 34.1 Å². The highest BCUT2D eigenvalue weighted by Crippen LogP contribution is 2.21. The SMILES string of the molecule is C.COC(=O)N1C[C@H](O)CC1CN(C(C)C)C(C)C.S. The van der Waals surface area contributed by atoms with Gasteiger partial charge in [0.25, 0.3) is 0 Å². The summed E-state index contributed by atoms with van der Waals surface area (Å²) in [5.74, 6) is 0. The number of amides is 1. The number of carbonyl (C=O) groups excluding carboxylic acids is 1. The smallest absolute Gasteiger partial charge is 0.409 e. The van der Waals surface area contributed by atoms with Crippen LogP contribution in [0.1, 0.15) is 41.5 Å². The minimum atomic E-state index is -0.435. The second kappa shape index (κ2) is 9.47. The topological polar surface area (TPSA) is 53.0 Å². The largest absolute Gasteiger partial charge is 0.453 e. The highest BCUT2D eigenvalue weighted by Gasteiger charge is 2.36. The number of hydrogen-bond acceptors (Lipinski definition) is 4. The first-order valence-electron chi connectivity index (χ1n) is 6.65. The van der Waals surface area contributed by atoms with Gasteiger partial charge in [-0.25, -0.2) is 4.79 Å². The van der Waals surface area contributed by atoms with Gasteiger partial charge in [-0.15, -0.1) is 0 Å². The van der Waals surface area contributed by atoms with Crippen LogP contribution in [-0.4, -0.2) is 65.4 Å². The Bertz CT molecular complexity index is 280. The first kappa shape index (κ1) is 21.8. The highest BCUT2D eigenvalue weighted by molar-refractivity contribution is 7.59. The second-order valence-electron chi connectivity index (χ2n) is 5.55. The van der Waals surface area contributed by atoms with Crippen molar-refractivity contribution in [1.82, 2.24) is 9.80 Å². The first-order valence-corrected chi connectivity index (χ1v) is 6.65. The van der Waals surface area contributed by atoms with Crippen molar-refractivity contribution >= 4 is 19.6 Å². The Balaban J connectivity index is 0. The number of hydrogen-bond donors (Lipinski definition) is 1. The summed E-state index contributed by atoms with van der Waals surface area (Å²) in [6.45, 7) is 9.74. The third-order valence-corrected chi connectivity index (χ3v) is 3.55. The fourth-order valence-electron chi connectivity index (χ4n) is 2.67. The van der Waals surface area contributed by atoms with Gasteiger partial charge >= 0.3 is 6.09 Å². The number of ether oxygens (including phenoxy) is 1. The van der Waals surface area contributed by atoms with Gasteiger partial charge in [-0.2, -0.15) is 13.5 Å². The molecule has 6 heteroatoms. The van der Waals surface area contributed by atoms with Crippen LogP contribution in [0, 0.1) is 0 Å². The molecule has 1 heterocycles. The maximum atomic E-state index is 11.7. The standard InChI is InChI=1S/C13H26N2O3.CH4.H2S/c1-9(2)14(10(3)4)7-11-6-12(16)8-15(11)13(17)18-5;;/h9-12,16H,6-8H2,1-5H3;1H4;1H2/t11?,12-;;/m1../s1. The number of aliphatic hydroxyl groups is 1. The Morgan fingerprint density at radius 3 is 2.25 bits per heavy atom. The molecule has 0 aromatic heterocycles. The number of nitrogens with zero attached hydrogens (tertiary/aromatic N) is 2. The quantitative estimate of drug-likeness (QED) is 0.864. The molecule has 1 N–H and O–H groups in total. The van der Waals surface area contributed by atoms with Gasteiger partial charge in [0, 0.05) is 18.6 Å². The third-order valence-electron chi connectivity index (χ3n) is 3.55. The van der Waals surface area contributed by atoms with Crippen molar-refractivity contribution in [3.05, 3.63) is 0 Å². The third kappa shape index (κ3) is 5.50. The normalized spacial score (nSPS) is 21.9. The summed E-state index contributed by atoms with van der Waals surface area (Å²) in [7, 11) is 1.38. The monoisotopic (exact) mass is 308 g/mol. The van der Waals surface area contributed by atoms with Crippen LogP contribution >= 0.6 is 13.5 Å². The molecule has 0 spiro atoms. The van der Waals surface area contributed by atoms with Crippen molar-refractivity contribution in [1.29, 1.82) is 0 Å². The van der Waals surface area contributed by atoms with E-state index in [2.05, 4.69) is 32.6 Å². The zero-order valence-electron chi connectivity index (χ0n) is 12.6. The predicted molar refractivity (Wildman–Crippen MR) is 87.6 cm³/mol. The zero-order chi connectivity index (χ0) is 13.9. The fraction of sp³-hybridized carbons (Fsp3) is 0.929. The fourth-order valence-corrected chi connectivity index (χ4v) is 2.67. The molecule has 0 saturated carbocycles. The Kier molecular flexibility index (Phi) is 10.3. The molecule has 0 radical (unpaired) electrons. The van der Waals surface area contributed by atoms with Crippen LogP contribution in [0.2, 0.25) is 0 Å². The van der Waals surface area contributed by atoms with Gasteiger partial charge in [-0.1, -0.05) is 7.43 Å². The van der Waals surface area contributed by atoms with Crippen molar-refractivity contribution in [2.45, 2.75) is 65.8 Å². The van der Waals surface area contributed by atoms with Crippen molar-refractivity contribution in [3.8, 4) is 0 Å². The van der Waals surface area contributed by atoms with Crippen molar-refractivity contribution in [2.75, 3.05) is 20.2 Å². The van der Waals surface area contributed by atoms with Gasteiger partial charge in [-0.3, -0.25) is 4.90 Å². The molecule has 0 bridgehead atoms. The lowest BCUT2D eigenvalue weighted by molar-refractivity contribution is 0.0904. The Hall–Kier alpha value is -0.460. The number of methoxy groups -OCH3 is 1. The minimum Gasteiger partial charge on any atom is -0.453 e. The van der Waals surface area contributed by atoms with E-state index in [1.54, 1.807) is 4.90 Å². The molecule has 5 nitrogen and oxygen atoms in total. The molecule has 1 fully saturated rings. The number of likely N-dealkylation sites (tertiary alicyclic amines) is 1. The number of β-amino-alcohol motifs (C(OH)–C–C–N with tert-alkyl or cyclic N) is 1. The molecule has 20 heavy (non-hydrogen) atoms. The maximum absolute atomic E-state index is 11.7. The Morgan fingerprint density at radius 1 is 1.35 bits per heavy atom. The van der Waals surface area contributed by atoms with Crippen LogP contribution in [0.4, 0.5) is 4.79 Å². The van der Waals surface area contributed by atoms with E-state index < -0.39 is 6.10 Å². The lowest BCUT2D eigenvalue weighted by atomic mass is 10.1. The molecule has 0 aromatic carbocycles. The van der Waals surface area contributed by atoms with Crippen LogP contribution in [-0.2, 0) is 4.74 Å². The summed E-state index contributed by atoms with van der Waals surface area (Å²) in [6.07, 6.45) is -0.148. The van der Waals surface area contributed by atoms with Gasteiger partial charge in [0.05, 0.1) is 25.8 Å². The molecule has 1 aliphatic heterocycles. The summed E-state index contributed by atoms with van der Waals surface area (Å²) in [5, 5.41) is 9.74. The lowest BCUT2D eigenvalue weighted by Gasteiger charge is -2.35. The summed E-state index contributed by atoms with van der Waals surface area (Å²) in [6, 6.07) is 0.877. The summed E-state index contributed by atoms with van der Waals surface area (Å²) < 4.78 is 4.77. The summed E-state index contributed by atoms with van der Waals surface area (Å²) in [5.41, 5.74) is 0. The molecule has 2 atom stereocenters. The average molecular weight is 308 g/mol. The molecule has 1 amide bonds. The molecule has 1 aliphatic rings. The van der Waals surface area contributed by atoms with Gasteiger partial charge < -0.3 is 14.7 Å². The lowest BCUT2D eigenvalue weighted by Crippen LogP contribution is -2.47. The summed E-state index contributed by atoms with van der Waals surface area (Å²) in [4.78, 5) is 15.6. The molecule has 1 saturated heterocycles. The van der Waals surface area contributed by atoms with E-state index in [-0.39, 0.29) is 33.1 Å². The van der Waals surface area contributed by atoms with E-state index in [0.29, 0.717) is 25.0 Å². The zero-order valence-corrected chi connectivity index (χ0v) is 13.6. The van der Waals surface area contributed by atoms with Crippen molar-refractivity contribution < 1.29 is 14.6 Å². The van der Waals surface area contributed by atoms with E-state index in [1.165, 1.54) is 7.11 Å². The van der Waals surface area contributed by atoms with Crippen LogP contribution in [0.25, 0.3) is 0 Å². The molecule has 0 aliphatic carbocycles. The molecule has 0 aromatic rings. The number of rotatable bonds is 4. The second-order valence-corrected chi connectivity index (χ2v) is 5.55. The minimum absolute atomic E-state index is 0. The highest BCUT2D eigenvalue weighted by atomic mass is 32.1. The van der Waals surface area contributed by atoms with Gasteiger partial charge in [0.2, 0.25) is 0 Å². The average Bonchev–Trinajstić information content (AvgIpc) is 2.65. The van der Waals surface area contributed by atoms with Gasteiger partial charge in [0.15, 0.2) is 0 Å². The Morgan fingerprint density at radius 2 is 1.85 bits per heavy atom. The van der Waals surface area contributed by atoms with E-state index in [0.717, 1.165) is 6.54 Å². The van der Waals surface area contributed by atoms with Crippen LogP contribution in [0.15, 0.2) is 0 Å². The number of aliphatic hydroxyl groups excluding tert-OH is 1. The van der Waals surface area contributed by atoms with Crippen LogP contribution in [0.5, 0.6) is 0 Å². The molecule has 1 rings (SSSR count). The van der Waals surface area contributed by atoms with E-state index in [1.807, 2.05) is 0 Å². The van der Waals surface area contributed by atoms with Crippen LogP contribution < -0.4 is 0 Å². The van der Waals surface area contributed by atoms with E-state index >= 15 is 0 Å². The summed E-state index contributed by atoms with van der Waals surface area (Å²) >= 11 is 0.